The number of rotatable bonds is 2. The number of ether oxygens (including phenoxy) is 1. The van der Waals surface area contributed by atoms with E-state index in [1.54, 1.807) is 13.0 Å². The van der Waals surface area contributed by atoms with Gasteiger partial charge in [0.2, 0.25) is 0 Å². The standard InChI is InChI=1S/C14H10F3N3O2S/c1-6-5-9(21)19-20-10(6)7-3-4-8(22-2)11-12(7)23-13(18-11)14(15,16)17/h3-5H,1-2H3,(H,19,21). The van der Waals surface area contributed by atoms with E-state index in [0.29, 0.717) is 32.9 Å². The van der Waals surface area contributed by atoms with E-state index in [1.165, 1.54) is 19.2 Å². The Morgan fingerprint density at radius 3 is 2.65 bits per heavy atom. The monoisotopic (exact) mass is 341 g/mol. The summed E-state index contributed by atoms with van der Waals surface area (Å²) < 4.78 is 44.3. The molecule has 0 aliphatic rings. The minimum absolute atomic E-state index is 0.120. The van der Waals surface area contributed by atoms with Gasteiger partial charge in [-0.15, -0.1) is 11.3 Å². The van der Waals surface area contributed by atoms with E-state index in [9.17, 15) is 18.0 Å². The van der Waals surface area contributed by atoms with Crippen LogP contribution in [0.1, 0.15) is 10.6 Å². The van der Waals surface area contributed by atoms with Crippen LogP contribution in [0.5, 0.6) is 5.75 Å². The predicted octanol–water partition coefficient (Wildman–Crippen LogP) is 3.38. The van der Waals surface area contributed by atoms with Gasteiger partial charge in [-0.05, 0) is 24.6 Å². The highest BCUT2D eigenvalue weighted by Gasteiger charge is 2.36. The van der Waals surface area contributed by atoms with Crippen LogP contribution in [0, 0.1) is 6.92 Å². The van der Waals surface area contributed by atoms with Crippen LogP contribution in [0.2, 0.25) is 0 Å². The van der Waals surface area contributed by atoms with E-state index in [1.807, 2.05) is 0 Å². The van der Waals surface area contributed by atoms with Crippen molar-refractivity contribution in [2.24, 2.45) is 0 Å². The first-order valence-electron chi connectivity index (χ1n) is 6.42. The Hall–Kier alpha value is -2.42. The van der Waals surface area contributed by atoms with Crippen molar-refractivity contribution in [2.45, 2.75) is 13.1 Å². The lowest BCUT2D eigenvalue weighted by atomic mass is 10.1. The van der Waals surface area contributed by atoms with Crippen LogP contribution in [0.25, 0.3) is 21.5 Å². The molecule has 0 saturated carbocycles. The quantitative estimate of drug-likeness (QED) is 0.776. The molecule has 0 aliphatic carbocycles. The lowest BCUT2D eigenvalue weighted by molar-refractivity contribution is -0.137. The summed E-state index contributed by atoms with van der Waals surface area (Å²) in [5.41, 5.74) is 1.16. The van der Waals surface area contributed by atoms with E-state index < -0.39 is 11.2 Å². The third-order valence-electron chi connectivity index (χ3n) is 3.22. The average Bonchev–Trinajstić information content (AvgIpc) is 2.92. The van der Waals surface area contributed by atoms with E-state index in [2.05, 4.69) is 15.2 Å². The van der Waals surface area contributed by atoms with Crippen LogP contribution >= 0.6 is 11.3 Å². The predicted molar refractivity (Wildman–Crippen MR) is 79.8 cm³/mol. The fourth-order valence-electron chi connectivity index (χ4n) is 2.22. The molecule has 0 unspecified atom stereocenters. The van der Waals surface area contributed by atoms with Crippen LogP contribution < -0.4 is 10.3 Å². The molecular weight excluding hydrogens is 331 g/mol. The SMILES string of the molecule is COc1ccc(-c2n[nH]c(=O)cc2C)c2sc(C(F)(F)F)nc12. The van der Waals surface area contributed by atoms with Gasteiger partial charge in [0, 0.05) is 11.6 Å². The summed E-state index contributed by atoms with van der Waals surface area (Å²) in [5.74, 6) is 0.248. The molecule has 0 saturated heterocycles. The topological polar surface area (TPSA) is 67.9 Å². The fraction of sp³-hybridized carbons (Fsp3) is 0.214. The number of hydrogen-bond acceptors (Lipinski definition) is 5. The van der Waals surface area contributed by atoms with Gasteiger partial charge in [-0.3, -0.25) is 4.79 Å². The second kappa shape index (κ2) is 5.34. The van der Waals surface area contributed by atoms with Crippen molar-refractivity contribution >= 4 is 21.6 Å². The molecule has 2 heterocycles. The van der Waals surface area contributed by atoms with Gasteiger partial charge in [-0.25, -0.2) is 10.1 Å². The third-order valence-corrected chi connectivity index (χ3v) is 4.36. The maximum absolute atomic E-state index is 13.0. The normalized spacial score (nSPS) is 11.9. The first kappa shape index (κ1) is 15.5. The van der Waals surface area contributed by atoms with Crippen LogP contribution in [0.3, 0.4) is 0 Å². The molecule has 1 N–H and O–H groups in total. The summed E-state index contributed by atoms with van der Waals surface area (Å²) in [6, 6.07) is 4.47. The summed E-state index contributed by atoms with van der Waals surface area (Å²) in [4.78, 5) is 14.9. The highest BCUT2D eigenvalue weighted by Crippen LogP contribution is 2.42. The Balaban J connectivity index is 2.33. The van der Waals surface area contributed by atoms with Gasteiger partial charge in [0.1, 0.15) is 11.3 Å². The number of nitrogens with zero attached hydrogens (tertiary/aromatic N) is 2. The number of fused-ring (bicyclic) bond motifs is 1. The number of nitrogens with one attached hydrogen (secondary N) is 1. The summed E-state index contributed by atoms with van der Waals surface area (Å²) in [5, 5.41) is 5.28. The molecule has 5 nitrogen and oxygen atoms in total. The van der Waals surface area contributed by atoms with Gasteiger partial charge >= 0.3 is 6.18 Å². The molecule has 3 rings (SSSR count). The lowest BCUT2D eigenvalue weighted by Crippen LogP contribution is -2.08. The van der Waals surface area contributed by atoms with Gasteiger partial charge < -0.3 is 4.74 Å². The largest absolute Gasteiger partial charge is 0.494 e. The number of H-pyrrole nitrogens is 1. The van der Waals surface area contributed by atoms with Crippen molar-refractivity contribution < 1.29 is 17.9 Å². The average molecular weight is 341 g/mol. The molecule has 0 bridgehead atoms. The number of benzene rings is 1. The van der Waals surface area contributed by atoms with Crippen molar-refractivity contribution in [3.8, 4) is 17.0 Å². The molecule has 0 radical (unpaired) electrons. The summed E-state index contributed by atoms with van der Waals surface area (Å²) >= 11 is 0.520. The first-order chi connectivity index (χ1) is 10.8. The Kier molecular flexibility index (Phi) is 3.59. The first-order valence-corrected chi connectivity index (χ1v) is 7.24. The zero-order valence-corrected chi connectivity index (χ0v) is 12.8. The molecule has 0 amide bonds. The molecule has 0 aliphatic heterocycles. The second-order valence-corrected chi connectivity index (χ2v) is 5.77. The number of methoxy groups -OCH3 is 1. The van der Waals surface area contributed by atoms with Gasteiger partial charge in [0.25, 0.3) is 5.56 Å². The van der Waals surface area contributed by atoms with Crippen LogP contribution in [-0.2, 0) is 6.18 Å². The van der Waals surface area contributed by atoms with E-state index in [4.69, 9.17) is 4.74 Å². The molecular formula is C14H10F3N3O2S. The molecule has 120 valence electrons. The number of aromatic nitrogens is 3. The van der Waals surface area contributed by atoms with E-state index >= 15 is 0 Å². The number of thiazole rings is 1. The van der Waals surface area contributed by atoms with Gasteiger partial charge in [-0.1, -0.05) is 0 Å². The van der Waals surface area contributed by atoms with E-state index in [0.717, 1.165) is 0 Å². The maximum atomic E-state index is 13.0. The molecule has 9 heteroatoms. The van der Waals surface area contributed by atoms with Crippen LogP contribution in [0.4, 0.5) is 13.2 Å². The van der Waals surface area contributed by atoms with Crippen LogP contribution in [-0.4, -0.2) is 22.3 Å². The minimum Gasteiger partial charge on any atom is -0.494 e. The summed E-state index contributed by atoms with van der Waals surface area (Å²) in [6.07, 6.45) is -4.54. The zero-order valence-electron chi connectivity index (χ0n) is 12.0. The Bertz CT molecular complexity index is 947. The highest BCUT2D eigenvalue weighted by atomic mass is 32.1. The summed E-state index contributed by atoms with van der Waals surface area (Å²) in [7, 11) is 1.37. The number of aromatic amines is 1. The van der Waals surface area contributed by atoms with Crippen LogP contribution in [0.15, 0.2) is 23.0 Å². The van der Waals surface area contributed by atoms with Crippen molar-refractivity contribution in [1.29, 1.82) is 0 Å². The second-order valence-electron chi connectivity index (χ2n) is 4.77. The molecule has 0 spiro atoms. The molecule has 1 aromatic carbocycles. The van der Waals surface area contributed by atoms with Crippen molar-refractivity contribution in [3.63, 3.8) is 0 Å². The van der Waals surface area contributed by atoms with Crippen molar-refractivity contribution in [2.75, 3.05) is 7.11 Å². The fourth-order valence-corrected chi connectivity index (χ4v) is 3.19. The van der Waals surface area contributed by atoms with Crippen molar-refractivity contribution in [1.82, 2.24) is 15.2 Å². The Morgan fingerprint density at radius 1 is 1.30 bits per heavy atom. The smallest absolute Gasteiger partial charge is 0.443 e. The molecule has 23 heavy (non-hydrogen) atoms. The third kappa shape index (κ3) is 2.67. The molecule has 3 aromatic rings. The molecule has 2 aromatic heterocycles. The Morgan fingerprint density at radius 2 is 2.04 bits per heavy atom. The summed E-state index contributed by atoms with van der Waals surface area (Å²) in [6.45, 7) is 1.67. The number of halogens is 3. The lowest BCUT2D eigenvalue weighted by Gasteiger charge is -2.07. The van der Waals surface area contributed by atoms with Gasteiger partial charge in [0.05, 0.1) is 17.5 Å². The number of alkyl halides is 3. The van der Waals surface area contributed by atoms with Gasteiger partial charge in [-0.2, -0.15) is 18.3 Å². The number of aryl methyl sites for hydroxylation is 1. The molecule has 0 atom stereocenters. The zero-order chi connectivity index (χ0) is 16.8. The Labute approximate surface area is 131 Å². The van der Waals surface area contributed by atoms with Gasteiger partial charge in [0.15, 0.2) is 5.01 Å². The highest BCUT2D eigenvalue weighted by molar-refractivity contribution is 7.19. The van der Waals surface area contributed by atoms with E-state index in [-0.39, 0.29) is 16.8 Å². The maximum Gasteiger partial charge on any atom is 0.443 e. The number of hydrogen-bond donors (Lipinski definition) is 1. The van der Waals surface area contributed by atoms with Crippen molar-refractivity contribution in [3.05, 3.63) is 39.1 Å². The minimum atomic E-state index is -4.54. The molecule has 0 fully saturated rings.